The summed E-state index contributed by atoms with van der Waals surface area (Å²) in [7, 11) is 0. The molecule has 1 aliphatic rings. The molecule has 2 aromatic heterocycles. The van der Waals surface area contributed by atoms with Crippen LogP contribution in [0.3, 0.4) is 0 Å². The van der Waals surface area contributed by atoms with Gasteiger partial charge in [-0.25, -0.2) is 9.97 Å². The number of imidazole rings is 1. The number of fused-ring (bicyclic) bond motifs is 1. The minimum atomic E-state index is 0.122. The smallest absolute Gasteiger partial charge is 0.160 e. The lowest BCUT2D eigenvalue weighted by Crippen LogP contribution is -2.31. The molecule has 20 heavy (non-hydrogen) atoms. The van der Waals surface area contributed by atoms with E-state index in [0.29, 0.717) is 12.6 Å². The predicted octanol–water partition coefficient (Wildman–Crippen LogP) is 1.45. The summed E-state index contributed by atoms with van der Waals surface area (Å²) in [6.45, 7) is 5.21. The third-order valence-corrected chi connectivity index (χ3v) is 4.23. The molecule has 1 fully saturated rings. The highest BCUT2D eigenvalue weighted by Crippen LogP contribution is 2.22. The Morgan fingerprint density at radius 2 is 2.35 bits per heavy atom. The first-order valence-corrected chi connectivity index (χ1v) is 7.48. The summed E-state index contributed by atoms with van der Waals surface area (Å²) in [5.41, 5.74) is 1.81. The predicted molar refractivity (Wildman–Crippen MR) is 78.6 cm³/mol. The Kier molecular flexibility index (Phi) is 3.98. The maximum Gasteiger partial charge on any atom is 0.160 e. The molecule has 5 nitrogen and oxygen atoms in total. The maximum atomic E-state index is 9.29. The molecule has 0 spiro atoms. The highest BCUT2D eigenvalue weighted by Gasteiger charge is 2.25. The first-order valence-electron chi connectivity index (χ1n) is 7.48. The van der Waals surface area contributed by atoms with Crippen molar-refractivity contribution in [2.24, 2.45) is 0 Å². The van der Waals surface area contributed by atoms with Crippen molar-refractivity contribution >= 4 is 11.2 Å². The number of hydrogen-bond acceptors (Lipinski definition) is 4. The minimum Gasteiger partial charge on any atom is -0.395 e. The van der Waals surface area contributed by atoms with E-state index in [4.69, 9.17) is 4.98 Å². The zero-order valence-electron chi connectivity index (χ0n) is 12.0. The highest BCUT2D eigenvalue weighted by atomic mass is 16.3. The van der Waals surface area contributed by atoms with Gasteiger partial charge in [-0.15, -0.1) is 0 Å². The Labute approximate surface area is 119 Å². The van der Waals surface area contributed by atoms with Crippen LogP contribution in [-0.2, 0) is 13.0 Å². The Balaban J connectivity index is 1.91. The zero-order chi connectivity index (χ0) is 13.9. The number of likely N-dealkylation sites (tertiary alicyclic amines) is 1. The van der Waals surface area contributed by atoms with E-state index in [-0.39, 0.29) is 6.61 Å². The monoisotopic (exact) mass is 274 g/mol. The van der Waals surface area contributed by atoms with Crippen molar-refractivity contribution in [2.75, 3.05) is 19.7 Å². The van der Waals surface area contributed by atoms with Gasteiger partial charge in [0.2, 0.25) is 0 Å². The molecule has 1 unspecified atom stereocenters. The first kappa shape index (κ1) is 13.5. The molecule has 1 saturated heterocycles. The average molecular weight is 274 g/mol. The molecule has 0 saturated carbocycles. The molecule has 1 aliphatic heterocycles. The van der Waals surface area contributed by atoms with Crippen LogP contribution < -0.4 is 0 Å². The molecule has 5 heteroatoms. The summed E-state index contributed by atoms with van der Waals surface area (Å²) in [5, 5.41) is 9.29. The van der Waals surface area contributed by atoms with Crippen molar-refractivity contribution in [3.05, 3.63) is 24.2 Å². The molecule has 3 heterocycles. The Morgan fingerprint density at radius 1 is 1.45 bits per heavy atom. The van der Waals surface area contributed by atoms with Crippen LogP contribution in [0.2, 0.25) is 0 Å². The van der Waals surface area contributed by atoms with Crippen LogP contribution in [0, 0.1) is 0 Å². The van der Waals surface area contributed by atoms with Crippen molar-refractivity contribution in [3.63, 3.8) is 0 Å². The van der Waals surface area contributed by atoms with E-state index in [1.165, 1.54) is 19.4 Å². The largest absolute Gasteiger partial charge is 0.395 e. The third kappa shape index (κ3) is 2.43. The number of aliphatic hydroxyl groups is 1. The molecule has 0 radical (unpaired) electrons. The van der Waals surface area contributed by atoms with Gasteiger partial charge in [0.15, 0.2) is 5.65 Å². The van der Waals surface area contributed by atoms with Gasteiger partial charge in [0.25, 0.3) is 0 Å². The zero-order valence-corrected chi connectivity index (χ0v) is 12.0. The van der Waals surface area contributed by atoms with Crippen molar-refractivity contribution in [3.8, 4) is 0 Å². The number of aliphatic hydroxyl groups excluding tert-OH is 1. The molecule has 0 aromatic carbocycles. The molecule has 2 aromatic rings. The lowest BCUT2D eigenvalue weighted by Gasteiger charge is -2.22. The molecular weight excluding hydrogens is 252 g/mol. The maximum absolute atomic E-state index is 9.29. The van der Waals surface area contributed by atoms with Crippen LogP contribution in [0.4, 0.5) is 0 Å². The van der Waals surface area contributed by atoms with Crippen molar-refractivity contribution in [1.29, 1.82) is 0 Å². The van der Waals surface area contributed by atoms with Crippen LogP contribution >= 0.6 is 0 Å². The molecule has 0 amide bonds. The van der Waals surface area contributed by atoms with Crippen LogP contribution in [0.5, 0.6) is 0 Å². The van der Waals surface area contributed by atoms with Gasteiger partial charge < -0.3 is 14.6 Å². The fraction of sp³-hybridized carbons (Fsp3) is 0.600. The van der Waals surface area contributed by atoms with Gasteiger partial charge in [0.05, 0.1) is 6.61 Å². The highest BCUT2D eigenvalue weighted by molar-refractivity contribution is 5.71. The second-order valence-electron chi connectivity index (χ2n) is 5.38. The van der Waals surface area contributed by atoms with E-state index in [2.05, 4.69) is 21.4 Å². The van der Waals surface area contributed by atoms with E-state index in [1.54, 1.807) is 6.20 Å². The van der Waals surface area contributed by atoms with Gasteiger partial charge in [0, 0.05) is 25.2 Å². The number of aromatic nitrogens is 3. The van der Waals surface area contributed by atoms with E-state index in [9.17, 15) is 5.11 Å². The topological polar surface area (TPSA) is 54.2 Å². The summed E-state index contributed by atoms with van der Waals surface area (Å²) in [6, 6.07) is 4.48. The van der Waals surface area contributed by atoms with Gasteiger partial charge in [-0.05, 0) is 38.1 Å². The van der Waals surface area contributed by atoms with E-state index >= 15 is 0 Å². The van der Waals surface area contributed by atoms with E-state index < -0.39 is 0 Å². The molecule has 3 rings (SSSR count). The van der Waals surface area contributed by atoms with Crippen molar-refractivity contribution < 1.29 is 5.11 Å². The number of hydrogen-bond donors (Lipinski definition) is 1. The van der Waals surface area contributed by atoms with Gasteiger partial charge in [-0.3, -0.25) is 0 Å². The molecule has 108 valence electrons. The lowest BCUT2D eigenvalue weighted by molar-refractivity contribution is 0.255. The average Bonchev–Trinajstić information content (AvgIpc) is 3.05. The molecular formula is C15H22N4O. The number of likely N-dealkylation sites (N-methyl/N-ethyl adjacent to an activating group) is 1. The van der Waals surface area contributed by atoms with Gasteiger partial charge in [0.1, 0.15) is 11.3 Å². The van der Waals surface area contributed by atoms with Crippen LogP contribution in [0.15, 0.2) is 18.3 Å². The first-order chi connectivity index (χ1) is 9.83. The Bertz CT molecular complexity index is 580. The molecule has 1 atom stereocenters. The second kappa shape index (κ2) is 5.89. The summed E-state index contributed by atoms with van der Waals surface area (Å²) >= 11 is 0. The number of rotatable bonds is 5. The summed E-state index contributed by atoms with van der Waals surface area (Å²) < 4.78 is 2.07. The number of pyridine rings is 1. The SMILES string of the molecule is CCN1CCCC1Cc1nc2cccnc2n1CCO. The molecule has 0 aliphatic carbocycles. The summed E-state index contributed by atoms with van der Waals surface area (Å²) in [6.07, 6.45) is 5.25. The normalized spacial score (nSPS) is 20.0. The van der Waals surface area contributed by atoms with Crippen molar-refractivity contribution in [2.45, 2.75) is 38.8 Å². The summed E-state index contributed by atoms with van der Waals surface area (Å²) in [5.74, 6) is 1.05. The van der Waals surface area contributed by atoms with Crippen molar-refractivity contribution in [1.82, 2.24) is 19.4 Å². The number of nitrogens with zero attached hydrogens (tertiary/aromatic N) is 4. The minimum absolute atomic E-state index is 0.122. The Morgan fingerprint density at radius 3 is 3.15 bits per heavy atom. The van der Waals surface area contributed by atoms with Crippen LogP contribution in [0.1, 0.15) is 25.6 Å². The molecule has 1 N–H and O–H groups in total. The second-order valence-corrected chi connectivity index (χ2v) is 5.38. The third-order valence-electron chi connectivity index (χ3n) is 4.23. The van der Waals surface area contributed by atoms with Crippen LogP contribution in [0.25, 0.3) is 11.2 Å². The van der Waals surface area contributed by atoms with Gasteiger partial charge in [-0.2, -0.15) is 0 Å². The molecule has 0 bridgehead atoms. The summed E-state index contributed by atoms with van der Waals surface area (Å²) in [4.78, 5) is 11.7. The fourth-order valence-electron chi connectivity index (χ4n) is 3.25. The quantitative estimate of drug-likeness (QED) is 0.896. The van der Waals surface area contributed by atoms with Crippen LogP contribution in [-0.4, -0.2) is 50.3 Å². The standard InChI is InChI=1S/C15H22N4O/c1-2-18-8-4-5-12(18)11-14-17-13-6-3-7-16-15(13)19(14)9-10-20/h3,6-7,12,20H,2,4-5,8-11H2,1H3. The van der Waals surface area contributed by atoms with E-state index in [1.807, 2.05) is 12.1 Å². The van der Waals surface area contributed by atoms with Gasteiger partial charge >= 0.3 is 0 Å². The lowest BCUT2D eigenvalue weighted by atomic mass is 10.1. The van der Waals surface area contributed by atoms with E-state index in [0.717, 1.165) is 30.0 Å². The van der Waals surface area contributed by atoms with Gasteiger partial charge in [-0.1, -0.05) is 6.92 Å². The fourth-order valence-corrected chi connectivity index (χ4v) is 3.25. The Hall–Kier alpha value is -1.46.